The summed E-state index contributed by atoms with van der Waals surface area (Å²) in [5.74, 6) is 5.28. The van der Waals surface area contributed by atoms with E-state index in [9.17, 15) is 5.11 Å². The fourth-order valence-electron chi connectivity index (χ4n) is 9.66. The van der Waals surface area contributed by atoms with Crippen molar-refractivity contribution in [2.75, 3.05) is 0 Å². The van der Waals surface area contributed by atoms with Gasteiger partial charge in [-0.25, -0.2) is 0 Å². The minimum atomic E-state index is -0.0841. The Hall–Kier alpha value is -0.560. The van der Waals surface area contributed by atoms with Crippen LogP contribution >= 0.6 is 0 Å². The van der Waals surface area contributed by atoms with Crippen LogP contribution in [0, 0.1) is 46.3 Å². The predicted molar refractivity (Wildman–Crippen MR) is 137 cm³/mol. The maximum Gasteiger partial charge on any atom is 0.0577 e. The molecule has 1 nitrogen and oxygen atoms in total. The molecule has 0 radical (unpaired) electrons. The molecule has 32 heavy (non-hydrogen) atoms. The van der Waals surface area contributed by atoms with E-state index in [4.69, 9.17) is 0 Å². The molecule has 182 valence electrons. The molecule has 4 aliphatic rings. The molecular weight excluding hydrogens is 388 g/mol. The smallest absolute Gasteiger partial charge is 0.0577 e. The number of hydrogen-bond donors (Lipinski definition) is 1. The molecule has 4 rings (SSSR count). The fourth-order valence-corrected chi connectivity index (χ4v) is 9.66. The highest BCUT2D eigenvalue weighted by Crippen LogP contribution is 2.67. The van der Waals surface area contributed by atoms with Gasteiger partial charge in [-0.2, -0.15) is 0 Å². The number of rotatable bonds is 7. The van der Waals surface area contributed by atoms with Crippen LogP contribution in [0.25, 0.3) is 0 Å². The van der Waals surface area contributed by atoms with Gasteiger partial charge in [0.25, 0.3) is 0 Å². The van der Waals surface area contributed by atoms with Gasteiger partial charge < -0.3 is 5.11 Å². The second-order valence-electron chi connectivity index (χ2n) is 12.8. The van der Waals surface area contributed by atoms with Gasteiger partial charge in [0.15, 0.2) is 0 Å². The summed E-state index contributed by atoms with van der Waals surface area (Å²) in [5.41, 5.74) is 4.24. The average molecular weight is 441 g/mol. The molecule has 0 aromatic carbocycles. The zero-order valence-corrected chi connectivity index (χ0v) is 22.1. The van der Waals surface area contributed by atoms with E-state index >= 15 is 0 Å². The third-order valence-electron chi connectivity index (χ3n) is 11.6. The first-order chi connectivity index (χ1) is 15.3. The first-order valence-corrected chi connectivity index (χ1v) is 14.3. The van der Waals surface area contributed by atoms with Crippen molar-refractivity contribution in [3.8, 4) is 0 Å². The molecule has 0 unspecified atom stereocenters. The number of hydrogen-bond acceptors (Lipinski definition) is 1. The van der Waals surface area contributed by atoms with Gasteiger partial charge in [-0.3, -0.25) is 0 Å². The quantitative estimate of drug-likeness (QED) is 0.392. The van der Waals surface area contributed by atoms with Crippen molar-refractivity contribution in [3.63, 3.8) is 0 Å². The molecule has 0 saturated heterocycles. The Balaban J connectivity index is 1.46. The van der Waals surface area contributed by atoms with Crippen LogP contribution in [0.5, 0.6) is 0 Å². The normalized spacial score (nSPS) is 43.7. The Morgan fingerprint density at radius 1 is 1.09 bits per heavy atom. The lowest BCUT2D eigenvalue weighted by molar-refractivity contribution is -0.0574. The highest BCUT2D eigenvalue weighted by molar-refractivity contribution is 5.25. The van der Waals surface area contributed by atoms with Crippen molar-refractivity contribution >= 4 is 0 Å². The lowest BCUT2D eigenvalue weighted by Crippen LogP contribution is -2.50. The van der Waals surface area contributed by atoms with Crippen LogP contribution in [-0.4, -0.2) is 11.2 Å². The van der Waals surface area contributed by atoms with Crippen LogP contribution in [0.1, 0.15) is 119 Å². The zero-order chi connectivity index (χ0) is 23.1. The molecule has 0 aromatic heterocycles. The molecule has 9 atom stereocenters. The maximum atomic E-state index is 10.3. The molecule has 0 amide bonds. The highest BCUT2D eigenvalue weighted by Gasteiger charge is 2.59. The molecule has 0 bridgehead atoms. The van der Waals surface area contributed by atoms with Crippen molar-refractivity contribution in [2.24, 2.45) is 46.3 Å². The monoisotopic (exact) mass is 440 g/mol. The third-order valence-corrected chi connectivity index (χ3v) is 11.6. The lowest BCUT2D eigenvalue weighted by Gasteiger charge is -2.58. The number of allylic oxidation sites excluding steroid dienone is 3. The Bertz CT molecular complexity index is 718. The summed E-state index contributed by atoms with van der Waals surface area (Å²) in [6.45, 7) is 14.8. The van der Waals surface area contributed by atoms with Crippen LogP contribution in [0.15, 0.2) is 23.3 Å². The van der Waals surface area contributed by atoms with Crippen molar-refractivity contribution < 1.29 is 5.11 Å². The van der Waals surface area contributed by atoms with E-state index in [1.807, 2.05) is 0 Å². The number of aliphatic hydroxyl groups is 1. The summed E-state index contributed by atoms with van der Waals surface area (Å²) in [5, 5.41) is 10.3. The Morgan fingerprint density at radius 2 is 1.88 bits per heavy atom. The van der Waals surface area contributed by atoms with Crippen LogP contribution < -0.4 is 0 Å². The molecule has 0 aliphatic heterocycles. The van der Waals surface area contributed by atoms with Crippen LogP contribution in [0.4, 0.5) is 0 Å². The van der Waals surface area contributed by atoms with E-state index in [1.165, 1.54) is 64.2 Å². The lowest BCUT2D eigenvalue weighted by atomic mass is 9.47. The van der Waals surface area contributed by atoms with Gasteiger partial charge in [-0.15, -0.1) is 0 Å². The molecule has 3 saturated carbocycles. The van der Waals surface area contributed by atoms with Gasteiger partial charge in [-0.1, -0.05) is 57.9 Å². The van der Waals surface area contributed by atoms with E-state index in [2.05, 4.69) is 53.7 Å². The van der Waals surface area contributed by atoms with E-state index in [1.54, 1.807) is 11.1 Å². The molecule has 3 fully saturated rings. The van der Waals surface area contributed by atoms with Crippen LogP contribution in [-0.2, 0) is 0 Å². The summed E-state index contributed by atoms with van der Waals surface area (Å²) in [6, 6.07) is 0. The summed E-state index contributed by atoms with van der Waals surface area (Å²) >= 11 is 0. The zero-order valence-electron chi connectivity index (χ0n) is 22.1. The molecule has 0 aromatic rings. The number of aliphatic hydroxyl groups excluding tert-OH is 1. The molecule has 1 heteroatoms. The van der Waals surface area contributed by atoms with E-state index < -0.39 is 0 Å². The summed E-state index contributed by atoms with van der Waals surface area (Å²) in [7, 11) is 0. The molecule has 1 N–H and O–H groups in total. The molecule has 0 heterocycles. The largest absolute Gasteiger partial charge is 0.393 e. The van der Waals surface area contributed by atoms with Crippen molar-refractivity contribution in [1.82, 2.24) is 0 Å². The Labute approximate surface area is 199 Å². The SMILES string of the molecule is C/C=C(\CC)[C@H](CC)CC[C@@H](C)[C@H]1CC[C@H]2[C@@H]3CC=C4C[C@@H](O)CC[C@]4(C)[C@H]3CC[C@]12C. The van der Waals surface area contributed by atoms with Crippen molar-refractivity contribution in [3.05, 3.63) is 23.3 Å². The molecular formula is C31H52O. The first kappa shape index (κ1) is 24.6. The Morgan fingerprint density at radius 3 is 2.56 bits per heavy atom. The fraction of sp³-hybridized carbons (Fsp3) is 0.871. The molecule has 4 aliphatic carbocycles. The summed E-state index contributed by atoms with van der Waals surface area (Å²) in [6.07, 6.45) is 20.5. The van der Waals surface area contributed by atoms with E-state index in [0.29, 0.717) is 10.8 Å². The summed E-state index contributed by atoms with van der Waals surface area (Å²) < 4.78 is 0. The summed E-state index contributed by atoms with van der Waals surface area (Å²) in [4.78, 5) is 0. The van der Waals surface area contributed by atoms with Gasteiger partial charge in [-0.05, 0) is 130 Å². The van der Waals surface area contributed by atoms with Crippen LogP contribution in [0.2, 0.25) is 0 Å². The van der Waals surface area contributed by atoms with Crippen LogP contribution in [0.3, 0.4) is 0 Å². The van der Waals surface area contributed by atoms with Gasteiger partial charge in [0.05, 0.1) is 6.10 Å². The topological polar surface area (TPSA) is 20.2 Å². The predicted octanol–water partition coefficient (Wildman–Crippen LogP) is 8.73. The van der Waals surface area contributed by atoms with E-state index in [0.717, 1.165) is 48.3 Å². The second kappa shape index (κ2) is 9.59. The van der Waals surface area contributed by atoms with E-state index in [-0.39, 0.29) is 6.10 Å². The Kier molecular flexibility index (Phi) is 7.36. The minimum Gasteiger partial charge on any atom is -0.393 e. The van der Waals surface area contributed by atoms with Gasteiger partial charge >= 0.3 is 0 Å². The minimum absolute atomic E-state index is 0.0841. The first-order valence-electron chi connectivity index (χ1n) is 14.3. The number of fused-ring (bicyclic) bond motifs is 5. The molecule has 0 spiro atoms. The van der Waals surface area contributed by atoms with Crippen molar-refractivity contribution in [1.29, 1.82) is 0 Å². The standard InChI is InChI=1S/C31H52O/c1-7-22(8-2)23(9-3)11-10-21(4)27-14-15-28-26-13-12-24-20-25(32)16-18-30(24,5)29(26)17-19-31(27,28)6/h7,12,21,23,25-29,32H,8-11,13-20H2,1-6H3/b22-7+/t21-,23-,25+,26+,27-,28+,29+,30+,31-/m1/s1. The second-order valence-corrected chi connectivity index (χ2v) is 12.8. The van der Waals surface area contributed by atoms with Crippen molar-refractivity contribution in [2.45, 2.75) is 125 Å². The third kappa shape index (κ3) is 4.08. The highest BCUT2D eigenvalue weighted by atomic mass is 16.3. The maximum absolute atomic E-state index is 10.3. The average Bonchev–Trinajstić information content (AvgIpc) is 3.14. The van der Waals surface area contributed by atoms with Gasteiger partial charge in [0.1, 0.15) is 0 Å². The van der Waals surface area contributed by atoms with Gasteiger partial charge in [0.2, 0.25) is 0 Å². The van der Waals surface area contributed by atoms with Gasteiger partial charge in [0, 0.05) is 0 Å².